The maximum atomic E-state index is 5.62. The van der Waals surface area contributed by atoms with Crippen LogP contribution in [0.2, 0.25) is 0 Å². The molecule has 1 fully saturated rings. The Morgan fingerprint density at radius 2 is 2.20 bits per heavy atom. The first-order chi connectivity index (χ1) is 7.42. The minimum absolute atomic E-state index is 0.759. The molecule has 1 aromatic heterocycles. The Hall–Kier alpha value is -1.35. The second-order valence-corrected chi connectivity index (χ2v) is 4.05. The molecule has 1 N–H and O–H groups in total. The second kappa shape index (κ2) is 3.66. The molecule has 3 rings (SSSR count). The molecule has 1 aliphatic carbocycles. The highest BCUT2D eigenvalue weighted by Crippen LogP contribution is 2.19. The van der Waals surface area contributed by atoms with Gasteiger partial charge in [0.2, 0.25) is 0 Å². The summed E-state index contributed by atoms with van der Waals surface area (Å²) in [5, 5.41) is 3.45. The third-order valence-corrected chi connectivity index (χ3v) is 2.69. The average Bonchev–Trinajstić information content (AvgIpc) is 2.97. The molecule has 0 unspecified atom stereocenters. The molecule has 0 bridgehead atoms. The molecule has 1 aliphatic rings. The number of fused-ring (bicyclic) bond motifs is 1. The van der Waals surface area contributed by atoms with Crippen LogP contribution in [0.15, 0.2) is 28.7 Å². The van der Waals surface area contributed by atoms with Crippen LogP contribution in [-0.4, -0.2) is 17.6 Å². The third-order valence-electron chi connectivity index (χ3n) is 2.69. The number of hydrogen-bond acceptors (Lipinski definition) is 3. The van der Waals surface area contributed by atoms with Crippen LogP contribution in [0.3, 0.4) is 0 Å². The fraction of sp³-hybridized carbons (Fsp3) is 0.417. The number of benzene rings is 1. The summed E-state index contributed by atoms with van der Waals surface area (Å²) in [6, 6.07) is 8.66. The monoisotopic (exact) mass is 202 g/mol. The minimum Gasteiger partial charge on any atom is -0.441 e. The van der Waals surface area contributed by atoms with Gasteiger partial charge in [0, 0.05) is 19.0 Å². The van der Waals surface area contributed by atoms with Crippen LogP contribution in [0.25, 0.3) is 11.1 Å². The number of nitrogens with one attached hydrogen (secondary N) is 1. The number of para-hydroxylation sites is 2. The summed E-state index contributed by atoms with van der Waals surface area (Å²) < 4.78 is 5.62. The molecule has 0 spiro atoms. The zero-order valence-electron chi connectivity index (χ0n) is 8.57. The van der Waals surface area contributed by atoms with Gasteiger partial charge in [0.05, 0.1) is 0 Å². The van der Waals surface area contributed by atoms with Crippen LogP contribution in [0, 0.1) is 0 Å². The quantitative estimate of drug-likeness (QED) is 0.825. The fourth-order valence-corrected chi connectivity index (χ4v) is 1.70. The lowest BCUT2D eigenvalue weighted by Crippen LogP contribution is -2.19. The first kappa shape index (κ1) is 8.92. The van der Waals surface area contributed by atoms with E-state index < -0.39 is 0 Å². The summed E-state index contributed by atoms with van der Waals surface area (Å²) in [5.74, 6) is 0.837. The van der Waals surface area contributed by atoms with Crippen molar-refractivity contribution in [3.05, 3.63) is 30.2 Å². The number of aromatic nitrogens is 1. The molecule has 3 nitrogen and oxygen atoms in total. The standard InChI is InChI=1S/C12H14N2O/c1-2-4-11-10(3-1)14-12(15-11)7-8-13-9-5-6-9/h1-4,9,13H,5-8H2. The summed E-state index contributed by atoms with van der Waals surface area (Å²) in [5.41, 5.74) is 1.85. The van der Waals surface area contributed by atoms with Gasteiger partial charge in [-0.3, -0.25) is 0 Å². The molecule has 0 radical (unpaired) electrons. The Labute approximate surface area is 88.5 Å². The van der Waals surface area contributed by atoms with E-state index in [1.54, 1.807) is 0 Å². The lowest BCUT2D eigenvalue weighted by Gasteiger charge is -1.97. The smallest absolute Gasteiger partial charge is 0.196 e. The molecule has 0 saturated heterocycles. The van der Waals surface area contributed by atoms with Gasteiger partial charge in [-0.2, -0.15) is 0 Å². The lowest BCUT2D eigenvalue weighted by atomic mass is 10.3. The van der Waals surface area contributed by atoms with Gasteiger partial charge in [-0.15, -0.1) is 0 Å². The van der Waals surface area contributed by atoms with Crippen molar-refractivity contribution in [2.45, 2.75) is 25.3 Å². The Morgan fingerprint density at radius 3 is 3.00 bits per heavy atom. The second-order valence-electron chi connectivity index (χ2n) is 4.05. The van der Waals surface area contributed by atoms with Crippen LogP contribution < -0.4 is 5.32 Å². The summed E-state index contributed by atoms with van der Waals surface area (Å²) in [6.07, 6.45) is 3.53. The lowest BCUT2D eigenvalue weighted by molar-refractivity contribution is 0.514. The van der Waals surface area contributed by atoms with E-state index in [9.17, 15) is 0 Å². The maximum absolute atomic E-state index is 5.62. The highest BCUT2D eigenvalue weighted by molar-refractivity contribution is 5.72. The SMILES string of the molecule is c1ccc2oc(CCNC3CC3)nc2c1. The molecule has 1 aromatic carbocycles. The molecular formula is C12H14N2O. The highest BCUT2D eigenvalue weighted by atomic mass is 16.3. The van der Waals surface area contributed by atoms with Crippen molar-refractivity contribution in [3.8, 4) is 0 Å². The van der Waals surface area contributed by atoms with E-state index in [2.05, 4.69) is 10.3 Å². The van der Waals surface area contributed by atoms with Gasteiger partial charge in [0.25, 0.3) is 0 Å². The van der Waals surface area contributed by atoms with E-state index in [-0.39, 0.29) is 0 Å². The fourth-order valence-electron chi connectivity index (χ4n) is 1.70. The van der Waals surface area contributed by atoms with Crippen molar-refractivity contribution >= 4 is 11.1 Å². The highest BCUT2D eigenvalue weighted by Gasteiger charge is 2.19. The zero-order chi connectivity index (χ0) is 10.1. The van der Waals surface area contributed by atoms with Crippen molar-refractivity contribution in [3.63, 3.8) is 0 Å². The number of nitrogens with zero attached hydrogens (tertiary/aromatic N) is 1. The van der Waals surface area contributed by atoms with Crippen LogP contribution in [0.1, 0.15) is 18.7 Å². The van der Waals surface area contributed by atoms with Crippen molar-refractivity contribution in [2.24, 2.45) is 0 Å². The van der Waals surface area contributed by atoms with E-state index in [0.29, 0.717) is 0 Å². The predicted octanol–water partition coefficient (Wildman–Crippen LogP) is 2.12. The summed E-state index contributed by atoms with van der Waals surface area (Å²) >= 11 is 0. The molecule has 1 heterocycles. The van der Waals surface area contributed by atoms with Crippen molar-refractivity contribution in [1.29, 1.82) is 0 Å². The summed E-state index contributed by atoms with van der Waals surface area (Å²) in [6.45, 7) is 0.970. The minimum atomic E-state index is 0.759. The van der Waals surface area contributed by atoms with Gasteiger partial charge in [0.15, 0.2) is 11.5 Å². The van der Waals surface area contributed by atoms with Crippen LogP contribution in [0.5, 0.6) is 0 Å². The van der Waals surface area contributed by atoms with Crippen molar-refractivity contribution < 1.29 is 4.42 Å². The van der Waals surface area contributed by atoms with Crippen molar-refractivity contribution in [1.82, 2.24) is 10.3 Å². The Morgan fingerprint density at radius 1 is 1.33 bits per heavy atom. The van der Waals surface area contributed by atoms with Crippen LogP contribution in [0.4, 0.5) is 0 Å². The topological polar surface area (TPSA) is 38.1 Å². The van der Waals surface area contributed by atoms with E-state index in [4.69, 9.17) is 4.42 Å². The first-order valence-corrected chi connectivity index (χ1v) is 5.50. The van der Waals surface area contributed by atoms with Gasteiger partial charge in [-0.05, 0) is 25.0 Å². The van der Waals surface area contributed by atoms with Gasteiger partial charge in [0.1, 0.15) is 5.52 Å². The van der Waals surface area contributed by atoms with Crippen molar-refractivity contribution in [2.75, 3.05) is 6.54 Å². The van der Waals surface area contributed by atoms with E-state index >= 15 is 0 Å². The molecule has 78 valence electrons. The molecule has 1 saturated carbocycles. The van der Waals surface area contributed by atoms with Crippen LogP contribution in [-0.2, 0) is 6.42 Å². The number of hydrogen-bond donors (Lipinski definition) is 1. The van der Waals surface area contributed by atoms with Gasteiger partial charge in [-0.1, -0.05) is 12.1 Å². The molecule has 15 heavy (non-hydrogen) atoms. The molecule has 0 amide bonds. The molecular weight excluding hydrogens is 188 g/mol. The Kier molecular flexibility index (Phi) is 2.18. The maximum Gasteiger partial charge on any atom is 0.196 e. The Balaban J connectivity index is 1.68. The Bertz CT molecular complexity index is 426. The molecule has 2 aromatic rings. The number of rotatable bonds is 4. The first-order valence-electron chi connectivity index (χ1n) is 5.50. The zero-order valence-corrected chi connectivity index (χ0v) is 8.57. The summed E-state index contributed by atoms with van der Waals surface area (Å²) in [7, 11) is 0. The summed E-state index contributed by atoms with van der Waals surface area (Å²) in [4.78, 5) is 4.42. The van der Waals surface area contributed by atoms with Gasteiger partial charge >= 0.3 is 0 Å². The van der Waals surface area contributed by atoms with Crippen LogP contribution >= 0.6 is 0 Å². The molecule has 3 heteroatoms. The largest absolute Gasteiger partial charge is 0.441 e. The normalized spacial score (nSPS) is 16.0. The molecule has 0 aliphatic heterocycles. The van der Waals surface area contributed by atoms with E-state index in [1.807, 2.05) is 24.3 Å². The third kappa shape index (κ3) is 2.02. The molecule has 0 atom stereocenters. The number of oxazole rings is 1. The average molecular weight is 202 g/mol. The van der Waals surface area contributed by atoms with Gasteiger partial charge in [-0.25, -0.2) is 4.98 Å². The van der Waals surface area contributed by atoms with Gasteiger partial charge < -0.3 is 9.73 Å². The van der Waals surface area contributed by atoms with E-state index in [0.717, 1.165) is 36.0 Å². The predicted molar refractivity (Wildman–Crippen MR) is 58.7 cm³/mol. The van der Waals surface area contributed by atoms with E-state index in [1.165, 1.54) is 12.8 Å².